The third-order valence-electron chi connectivity index (χ3n) is 3.65. The molecule has 0 saturated heterocycles. The van der Waals surface area contributed by atoms with Crippen molar-refractivity contribution in [3.63, 3.8) is 0 Å². The van der Waals surface area contributed by atoms with Crippen LogP contribution in [0.1, 0.15) is 15.9 Å². The Morgan fingerprint density at radius 3 is 2.74 bits per heavy atom. The first kappa shape index (κ1) is 18.9. The van der Waals surface area contributed by atoms with Gasteiger partial charge in [0.05, 0.1) is 12.7 Å². The van der Waals surface area contributed by atoms with E-state index in [0.29, 0.717) is 26.6 Å². The van der Waals surface area contributed by atoms with Gasteiger partial charge in [-0.25, -0.2) is 4.79 Å². The Bertz CT molecular complexity index is 1010. The predicted octanol–water partition coefficient (Wildman–Crippen LogP) is 2.27. The number of carbonyl (C=O) groups excluding carboxylic acids is 2. The van der Waals surface area contributed by atoms with Crippen LogP contribution in [0.3, 0.4) is 0 Å². The summed E-state index contributed by atoms with van der Waals surface area (Å²) in [6.07, 6.45) is 0. The number of ether oxygens (including phenoxy) is 1. The third-order valence-corrected chi connectivity index (χ3v) is 4.23. The Labute approximate surface area is 163 Å². The van der Waals surface area contributed by atoms with Crippen LogP contribution in [-0.4, -0.2) is 40.8 Å². The first-order valence-electron chi connectivity index (χ1n) is 7.75. The molecule has 0 aliphatic heterocycles. The number of esters is 1. The molecule has 10 heteroatoms. The molecule has 0 bridgehead atoms. The van der Waals surface area contributed by atoms with Gasteiger partial charge in [0.15, 0.2) is 6.61 Å². The average molecular weight is 409 g/mol. The molecular weight excluding hydrogens is 395 g/mol. The van der Waals surface area contributed by atoms with Crippen molar-refractivity contribution < 1.29 is 19.2 Å². The summed E-state index contributed by atoms with van der Waals surface area (Å²) in [4.78, 5) is 30.1. The van der Waals surface area contributed by atoms with Crippen LogP contribution in [0.15, 0.2) is 36.4 Å². The van der Waals surface area contributed by atoms with E-state index >= 15 is 0 Å². The molecule has 3 aromatic rings. The van der Waals surface area contributed by atoms with E-state index in [4.69, 9.17) is 28.0 Å². The molecular formula is C17H14Cl2N4O4. The first-order valence-corrected chi connectivity index (χ1v) is 8.51. The van der Waals surface area contributed by atoms with Gasteiger partial charge >= 0.3 is 5.97 Å². The predicted molar refractivity (Wildman–Crippen MR) is 98.6 cm³/mol. The number of amides is 1. The molecule has 0 aliphatic rings. The molecule has 0 saturated carbocycles. The minimum absolute atomic E-state index is 0.225. The third kappa shape index (κ3) is 4.47. The summed E-state index contributed by atoms with van der Waals surface area (Å²) in [5, 5.41) is 11.4. The number of halogens is 2. The molecule has 0 atom stereocenters. The van der Waals surface area contributed by atoms with Gasteiger partial charge in [0.25, 0.3) is 5.91 Å². The van der Waals surface area contributed by atoms with Crippen molar-refractivity contribution in [1.82, 2.24) is 20.5 Å². The zero-order chi connectivity index (χ0) is 19.4. The van der Waals surface area contributed by atoms with Gasteiger partial charge in [-0.1, -0.05) is 34.1 Å². The average Bonchev–Trinajstić information content (AvgIpc) is 3.07. The van der Waals surface area contributed by atoms with Crippen molar-refractivity contribution in [3.05, 3.63) is 57.6 Å². The Balaban J connectivity index is 1.62. The van der Waals surface area contributed by atoms with Gasteiger partial charge in [-0.3, -0.25) is 4.79 Å². The second-order valence-electron chi connectivity index (χ2n) is 5.44. The molecule has 27 heavy (non-hydrogen) atoms. The molecule has 3 rings (SSSR count). The maximum atomic E-state index is 12.0. The smallest absolute Gasteiger partial charge is 0.337 e. The molecule has 1 amide bonds. The minimum atomic E-state index is -0.498. The highest BCUT2D eigenvalue weighted by Crippen LogP contribution is 2.20. The number of benzene rings is 2. The highest BCUT2D eigenvalue weighted by atomic mass is 35.5. The zero-order valence-electron chi connectivity index (χ0n) is 14.1. The molecule has 140 valence electrons. The van der Waals surface area contributed by atoms with Crippen molar-refractivity contribution in [1.29, 1.82) is 0 Å². The summed E-state index contributed by atoms with van der Waals surface area (Å²) in [6.45, 7) is -0.0745. The summed E-state index contributed by atoms with van der Waals surface area (Å²) in [5.41, 5.74) is 1.99. The second kappa shape index (κ2) is 8.24. The van der Waals surface area contributed by atoms with Gasteiger partial charge in [0.1, 0.15) is 11.0 Å². The highest BCUT2D eigenvalue weighted by molar-refractivity contribution is 6.35. The number of fused-ring (bicyclic) bond motifs is 1. The summed E-state index contributed by atoms with van der Waals surface area (Å²) in [6, 6.07) is 9.71. The van der Waals surface area contributed by atoms with Crippen molar-refractivity contribution in [2.75, 3.05) is 13.7 Å². The van der Waals surface area contributed by atoms with Crippen molar-refractivity contribution in [3.8, 4) is 0 Å². The maximum Gasteiger partial charge on any atom is 0.337 e. The van der Waals surface area contributed by atoms with Crippen LogP contribution >= 0.6 is 23.2 Å². The molecule has 1 heterocycles. The van der Waals surface area contributed by atoms with E-state index in [2.05, 4.69) is 20.4 Å². The summed E-state index contributed by atoms with van der Waals surface area (Å²) >= 11 is 11.9. The SMILES string of the molecule is COC(=O)c1ccc2nnn(OCC(=O)NCc3ccc(Cl)cc3Cl)c2c1. The van der Waals surface area contributed by atoms with E-state index in [1.54, 1.807) is 30.3 Å². The first-order chi connectivity index (χ1) is 13.0. The molecule has 0 radical (unpaired) electrons. The Morgan fingerprint density at radius 2 is 2.00 bits per heavy atom. The summed E-state index contributed by atoms with van der Waals surface area (Å²) in [5.74, 6) is -0.879. The molecule has 8 nitrogen and oxygen atoms in total. The lowest BCUT2D eigenvalue weighted by molar-refractivity contribution is -0.126. The van der Waals surface area contributed by atoms with Crippen LogP contribution in [0.2, 0.25) is 10.0 Å². The van der Waals surface area contributed by atoms with Gasteiger partial charge < -0.3 is 14.9 Å². The van der Waals surface area contributed by atoms with E-state index in [0.717, 1.165) is 10.4 Å². The van der Waals surface area contributed by atoms with Gasteiger partial charge in [0, 0.05) is 16.6 Å². The lowest BCUT2D eigenvalue weighted by Gasteiger charge is -2.08. The van der Waals surface area contributed by atoms with Crippen molar-refractivity contribution in [2.24, 2.45) is 0 Å². The van der Waals surface area contributed by atoms with Crippen LogP contribution in [-0.2, 0) is 16.1 Å². The van der Waals surface area contributed by atoms with E-state index in [1.165, 1.54) is 13.2 Å². The number of hydrogen-bond acceptors (Lipinski definition) is 6. The number of nitrogens with zero attached hydrogens (tertiary/aromatic N) is 3. The fraction of sp³-hybridized carbons (Fsp3) is 0.176. The highest BCUT2D eigenvalue weighted by Gasteiger charge is 2.12. The normalized spacial score (nSPS) is 10.6. The van der Waals surface area contributed by atoms with Gasteiger partial charge in [-0.15, -0.1) is 5.10 Å². The monoisotopic (exact) mass is 408 g/mol. The summed E-state index contributed by atoms with van der Waals surface area (Å²) in [7, 11) is 1.29. The van der Waals surface area contributed by atoms with E-state index in [1.807, 2.05) is 0 Å². The standard InChI is InChI=1S/C17H14Cl2N4O4/c1-26-17(25)10-3-5-14-15(6-10)23(22-21-14)27-9-16(24)20-8-11-2-4-12(18)7-13(11)19/h2-7H,8-9H2,1H3,(H,20,24). The molecule has 0 spiro atoms. The Hall–Kier alpha value is -2.84. The number of rotatable bonds is 6. The fourth-order valence-corrected chi connectivity index (χ4v) is 2.74. The number of methoxy groups -OCH3 is 1. The largest absolute Gasteiger partial charge is 0.465 e. The topological polar surface area (TPSA) is 95.3 Å². The summed E-state index contributed by atoms with van der Waals surface area (Å²) < 4.78 is 4.68. The van der Waals surface area contributed by atoms with Crippen molar-refractivity contribution >= 4 is 46.1 Å². The fourth-order valence-electron chi connectivity index (χ4n) is 2.27. The number of hydrogen-bond donors (Lipinski definition) is 1. The molecule has 0 unspecified atom stereocenters. The molecule has 0 fully saturated rings. The Morgan fingerprint density at radius 1 is 1.19 bits per heavy atom. The lowest BCUT2D eigenvalue weighted by atomic mass is 10.2. The van der Waals surface area contributed by atoms with Crippen LogP contribution in [0, 0.1) is 0 Å². The van der Waals surface area contributed by atoms with E-state index in [-0.39, 0.29) is 19.1 Å². The van der Waals surface area contributed by atoms with E-state index < -0.39 is 5.97 Å². The van der Waals surface area contributed by atoms with Crippen LogP contribution in [0.4, 0.5) is 0 Å². The maximum absolute atomic E-state index is 12.0. The zero-order valence-corrected chi connectivity index (χ0v) is 15.6. The molecule has 2 aromatic carbocycles. The van der Waals surface area contributed by atoms with Crippen LogP contribution in [0.5, 0.6) is 0 Å². The second-order valence-corrected chi connectivity index (χ2v) is 6.29. The van der Waals surface area contributed by atoms with Gasteiger partial charge in [-0.2, -0.15) is 0 Å². The van der Waals surface area contributed by atoms with E-state index in [9.17, 15) is 9.59 Å². The van der Waals surface area contributed by atoms with Gasteiger partial charge in [0.2, 0.25) is 0 Å². The number of carbonyl (C=O) groups is 2. The molecule has 0 aliphatic carbocycles. The number of nitrogens with one attached hydrogen (secondary N) is 1. The van der Waals surface area contributed by atoms with Gasteiger partial charge in [-0.05, 0) is 41.1 Å². The number of aromatic nitrogens is 3. The Kier molecular flexibility index (Phi) is 5.78. The molecule has 1 aromatic heterocycles. The van der Waals surface area contributed by atoms with Crippen molar-refractivity contribution in [2.45, 2.75) is 6.54 Å². The lowest BCUT2D eigenvalue weighted by Crippen LogP contribution is -2.31. The minimum Gasteiger partial charge on any atom is -0.465 e. The van der Waals surface area contributed by atoms with Crippen LogP contribution < -0.4 is 10.2 Å². The quantitative estimate of drug-likeness (QED) is 0.628. The van der Waals surface area contributed by atoms with Crippen LogP contribution in [0.25, 0.3) is 11.0 Å². The molecule has 1 N–H and O–H groups in total.